The Labute approximate surface area is 110 Å². The molecule has 0 aromatic heterocycles. The first-order chi connectivity index (χ1) is 8.85. The van der Waals surface area contributed by atoms with E-state index in [1.807, 2.05) is 0 Å². The molecule has 1 aliphatic rings. The summed E-state index contributed by atoms with van der Waals surface area (Å²) in [6.07, 6.45) is 4.60. The number of benzene rings is 1. The molecule has 0 spiro atoms. The average molecular weight is 242 g/mol. The highest BCUT2D eigenvalue weighted by molar-refractivity contribution is 6.01. The van der Waals surface area contributed by atoms with Crippen molar-refractivity contribution in [1.29, 1.82) is 0 Å². The van der Waals surface area contributed by atoms with E-state index in [2.05, 4.69) is 60.1 Å². The molecule has 0 N–H and O–H groups in total. The molecule has 2 rings (SSSR count). The topological polar surface area (TPSA) is 15.6 Å². The van der Waals surface area contributed by atoms with Crippen molar-refractivity contribution in [2.24, 2.45) is 4.99 Å². The van der Waals surface area contributed by atoms with Crippen molar-refractivity contribution in [3.63, 3.8) is 0 Å². The lowest BCUT2D eigenvalue weighted by Crippen LogP contribution is -2.22. The number of hydrogen-bond donors (Lipinski definition) is 0. The third kappa shape index (κ3) is 3.00. The van der Waals surface area contributed by atoms with Gasteiger partial charge in [-0.15, -0.1) is 0 Å². The van der Waals surface area contributed by atoms with Crippen LogP contribution in [0.5, 0.6) is 0 Å². The quantitative estimate of drug-likeness (QED) is 0.770. The van der Waals surface area contributed by atoms with E-state index in [0.29, 0.717) is 0 Å². The van der Waals surface area contributed by atoms with Gasteiger partial charge in [-0.1, -0.05) is 30.3 Å². The number of allylic oxidation sites excluding steroid dienone is 1. The lowest BCUT2D eigenvalue weighted by Gasteiger charge is -2.25. The normalized spacial score (nSPS) is 15.7. The maximum atomic E-state index is 4.57. The molecule has 2 heteroatoms. The molecule has 0 atom stereocenters. The minimum atomic E-state index is 0.992. The van der Waals surface area contributed by atoms with E-state index < -0.39 is 0 Å². The van der Waals surface area contributed by atoms with Crippen molar-refractivity contribution in [3.8, 4) is 0 Å². The Morgan fingerprint density at radius 1 is 1.22 bits per heavy atom. The third-order valence-electron chi connectivity index (χ3n) is 3.38. The Morgan fingerprint density at radius 2 is 1.94 bits per heavy atom. The molecule has 0 bridgehead atoms. The van der Waals surface area contributed by atoms with Crippen molar-refractivity contribution >= 4 is 11.4 Å². The molecule has 0 aliphatic carbocycles. The molecule has 0 unspecified atom stereocenters. The lowest BCUT2D eigenvalue weighted by atomic mass is 10.1. The van der Waals surface area contributed by atoms with E-state index >= 15 is 0 Å². The van der Waals surface area contributed by atoms with E-state index in [4.69, 9.17) is 0 Å². The second-order valence-corrected chi connectivity index (χ2v) is 4.54. The minimum absolute atomic E-state index is 0.992. The minimum Gasteiger partial charge on any atom is -0.372 e. The van der Waals surface area contributed by atoms with E-state index in [1.54, 1.807) is 0 Å². The highest BCUT2D eigenvalue weighted by Gasteiger charge is 2.11. The fourth-order valence-electron chi connectivity index (χ4n) is 2.37. The van der Waals surface area contributed by atoms with Crippen LogP contribution in [0.3, 0.4) is 0 Å². The summed E-state index contributed by atoms with van der Waals surface area (Å²) >= 11 is 0. The summed E-state index contributed by atoms with van der Waals surface area (Å²) in [6, 6.07) is 10.6. The van der Waals surface area contributed by atoms with Crippen LogP contribution >= 0.6 is 0 Å². The molecular weight excluding hydrogens is 220 g/mol. The van der Waals surface area contributed by atoms with Gasteiger partial charge in [-0.25, -0.2) is 0 Å². The van der Waals surface area contributed by atoms with E-state index in [0.717, 1.165) is 26.1 Å². The maximum absolute atomic E-state index is 4.57. The first-order valence-corrected chi connectivity index (χ1v) is 6.90. The number of nitrogens with zero attached hydrogens (tertiary/aromatic N) is 2. The van der Waals surface area contributed by atoms with Crippen LogP contribution in [0.1, 0.15) is 32.3 Å². The molecule has 1 aliphatic heterocycles. The molecule has 1 aromatic carbocycles. The SMILES string of the molecule is CCN(CC)C(=CC1=NCCC1)c1ccccc1. The Balaban J connectivity index is 2.33. The van der Waals surface area contributed by atoms with E-state index in [-0.39, 0.29) is 0 Å². The van der Waals surface area contributed by atoms with E-state index in [9.17, 15) is 0 Å². The summed E-state index contributed by atoms with van der Waals surface area (Å²) in [5.41, 5.74) is 3.85. The fourth-order valence-corrected chi connectivity index (χ4v) is 2.37. The molecule has 96 valence electrons. The smallest absolute Gasteiger partial charge is 0.0457 e. The standard InChI is InChI=1S/C16H22N2/c1-3-18(4-2)16(13-15-11-8-12-17-15)14-9-6-5-7-10-14/h5-7,9-10,13H,3-4,8,11-12H2,1-2H3. The van der Waals surface area contributed by atoms with Crippen molar-refractivity contribution in [1.82, 2.24) is 4.90 Å². The van der Waals surface area contributed by atoms with Crippen LogP contribution in [0.15, 0.2) is 41.4 Å². The van der Waals surface area contributed by atoms with Gasteiger partial charge in [0.1, 0.15) is 0 Å². The fraction of sp³-hybridized carbons (Fsp3) is 0.438. The van der Waals surface area contributed by atoms with Gasteiger partial charge in [0.2, 0.25) is 0 Å². The van der Waals surface area contributed by atoms with Gasteiger partial charge in [-0.05, 0) is 38.3 Å². The molecule has 0 fully saturated rings. The van der Waals surface area contributed by atoms with Crippen LogP contribution < -0.4 is 0 Å². The molecule has 0 amide bonds. The summed E-state index contributed by atoms with van der Waals surface area (Å²) in [5.74, 6) is 0. The second-order valence-electron chi connectivity index (χ2n) is 4.54. The van der Waals surface area contributed by atoms with Gasteiger partial charge in [-0.3, -0.25) is 4.99 Å². The number of aliphatic imine (C=N–C) groups is 1. The number of hydrogen-bond acceptors (Lipinski definition) is 2. The number of rotatable bonds is 5. The second kappa shape index (κ2) is 6.39. The molecule has 0 radical (unpaired) electrons. The molecule has 0 saturated carbocycles. The van der Waals surface area contributed by atoms with Crippen LogP contribution in [0.25, 0.3) is 5.70 Å². The summed E-state index contributed by atoms with van der Waals surface area (Å²) < 4.78 is 0. The Hall–Kier alpha value is -1.57. The first-order valence-electron chi connectivity index (χ1n) is 6.90. The van der Waals surface area contributed by atoms with Gasteiger partial charge < -0.3 is 4.90 Å². The van der Waals surface area contributed by atoms with Crippen molar-refractivity contribution in [3.05, 3.63) is 42.0 Å². The van der Waals surface area contributed by atoms with Crippen LogP contribution in [-0.4, -0.2) is 30.2 Å². The molecule has 2 nitrogen and oxygen atoms in total. The van der Waals surface area contributed by atoms with Crippen molar-refractivity contribution in [2.75, 3.05) is 19.6 Å². The first kappa shape index (κ1) is 12.9. The molecule has 18 heavy (non-hydrogen) atoms. The van der Waals surface area contributed by atoms with Crippen LogP contribution in [0.4, 0.5) is 0 Å². The van der Waals surface area contributed by atoms with Gasteiger partial charge in [-0.2, -0.15) is 0 Å². The average Bonchev–Trinajstić information content (AvgIpc) is 2.93. The Bertz CT molecular complexity index is 428. The molecule has 0 saturated heterocycles. The zero-order valence-corrected chi connectivity index (χ0v) is 11.4. The molecule has 1 heterocycles. The highest BCUT2D eigenvalue weighted by Crippen LogP contribution is 2.20. The molecular formula is C16H22N2. The maximum Gasteiger partial charge on any atom is 0.0457 e. The zero-order valence-electron chi connectivity index (χ0n) is 11.4. The van der Waals surface area contributed by atoms with Crippen LogP contribution in [0, 0.1) is 0 Å². The van der Waals surface area contributed by atoms with Crippen molar-refractivity contribution < 1.29 is 0 Å². The zero-order chi connectivity index (χ0) is 12.8. The Morgan fingerprint density at radius 3 is 2.50 bits per heavy atom. The summed E-state index contributed by atoms with van der Waals surface area (Å²) in [7, 11) is 0. The van der Waals surface area contributed by atoms with Crippen LogP contribution in [0.2, 0.25) is 0 Å². The van der Waals surface area contributed by atoms with E-state index in [1.165, 1.54) is 23.4 Å². The van der Waals surface area contributed by atoms with Gasteiger partial charge in [0.25, 0.3) is 0 Å². The Kier molecular flexibility index (Phi) is 4.57. The lowest BCUT2D eigenvalue weighted by molar-refractivity contribution is 0.442. The summed E-state index contributed by atoms with van der Waals surface area (Å²) in [6.45, 7) is 7.47. The van der Waals surface area contributed by atoms with Crippen molar-refractivity contribution in [2.45, 2.75) is 26.7 Å². The largest absolute Gasteiger partial charge is 0.372 e. The highest BCUT2D eigenvalue weighted by atomic mass is 15.1. The predicted octanol–water partition coefficient (Wildman–Crippen LogP) is 3.60. The van der Waals surface area contributed by atoms with Crippen LogP contribution in [-0.2, 0) is 0 Å². The summed E-state index contributed by atoms with van der Waals surface area (Å²) in [5, 5.41) is 0. The van der Waals surface area contributed by atoms with Gasteiger partial charge >= 0.3 is 0 Å². The monoisotopic (exact) mass is 242 g/mol. The third-order valence-corrected chi connectivity index (χ3v) is 3.38. The van der Waals surface area contributed by atoms with Gasteiger partial charge in [0.15, 0.2) is 0 Å². The van der Waals surface area contributed by atoms with Gasteiger partial charge in [0.05, 0.1) is 0 Å². The summed E-state index contributed by atoms with van der Waals surface area (Å²) in [4.78, 5) is 6.96. The van der Waals surface area contributed by atoms with Gasteiger partial charge in [0, 0.05) is 31.0 Å². The molecule has 1 aromatic rings. The predicted molar refractivity (Wildman–Crippen MR) is 78.9 cm³/mol.